The smallest absolute Gasteiger partial charge is 0.317 e. The second kappa shape index (κ2) is 4.52. The number of rotatable bonds is 1. The van der Waals surface area contributed by atoms with Crippen LogP contribution in [0.4, 0.5) is 10.6 Å². The molecule has 2 fully saturated rings. The van der Waals surface area contributed by atoms with Crippen LogP contribution in [0.3, 0.4) is 0 Å². The van der Waals surface area contributed by atoms with Crippen LogP contribution in [-0.4, -0.2) is 53.1 Å². The number of urea groups is 1. The zero-order chi connectivity index (χ0) is 13.6. The van der Waals surface area contributed by atoms with E-state index in [1.165, 1.54) is 0 Å². The molecule has 0 spiro atoms. The van der Waals surface area contributed by atoms with Crippen LogP contribution in [0.2, 0.25) is 5.15 Å². The second-order valence-electron chi connectivity index (χ2n) is 4.99. The number of hydrogen-bond acceptors (Lipinski definition) is 4. The number of fused-ring (bicyclic) bond motifs is 1. The van der Waals surface area contributed by atoms with Crippen molar-refractivity contribution >= 4 is 23.4 Å². The normalized spacial score (nSPS) is 22.5. The minimum absolute atomic E-state index is 0.0296. The van der Waals surface area contributed by atoms with Gasteiger partial charge in [-0.3, -0.25) is 0 Å². The highest BCUT2D eigenvalue weighted by Gasteiger charge is 2.36. The van der Waals surface area contributed by atoms with Gasteiger partial charge in [0.1, 0.15) is 0 Å². The van der Waals surface area contributed by atoms with Crippen molar-refractivity contribution in [1.82, 2.24) is 20.2 Å². The summed E-state index contributed by atoms with van der Waals surface area (Å²) in [4.78, 5) is 24.4. The summed E-state index contributed by atoms with van der Waals surface area (Å²) in [5.41, 5.74) is 1.74. The number of amides is 2. The lowest BCUT2D eigenvalue weighted by Gasteiger charge is -2.37. The second-order valence-corrected chi connectivity index (χ2v) is 5.35. The lowest BCUT2D eigenvalue weighted by molar-refractivity contribution is 0.197. The number of nitrogens with zero attached hydrogens (tertiary/aromatic N) is 4. The highest BCUT2D eigenvalue weighted by Crippen LogP contribution is 2.26. The molecule has 1 atom stereocenters. The molecule has 2 aliphatic heterocycles. The van der Waals surface area contributed by atoms with Crippen molar-refractivity contribution in [3.05, 3.63) is 16.5 Å². The highest BCUT2D eigenvalue weighted by atomic mass is 35.5. The molecule has 1 aromatic rings. The zero-order valence-electron chi connectivity index (χ0n) is 11.0. The van der Waals surface area contributed by atoms with Crippen molar-refractivity contribution in [1.29, 1.82) is 0 Å². The van der Waals surface area contributed by atoms with Crippen LogP contribution in [0.25, 0.3) is 0 Å². The monoisotopic (exact) mass is 281 g/mol. The molecular formula is C12H16ClN5O. The van der Waals surface area contributed by atoms with E-state index < -0.39 is 0 Å². The maximum Gasteiger partial charge on any atom is 0.317 e. The lowest BCUT2D eigenvalue weighted by Crippen LogP contribution is -2.52. The fourth-order valence-electron chi connectivity index (χ4n) is 2.56. The lowest BCUT2D eigenvalue weighted by atomic mass is 10.2. The number of anilines is 1. The first-order valence-electron chi connectivity index (χ1n) is 6.36. The van der Waals surface area contributed by atoms with Crippen LogP contribution in [0.1, 0.15) is 11.4 Å². The molecule has 0 aromatic carbocycles. The third kappa shape index (κ3) is 2.10. The van der Waals surface area contributed by atoms with E-state index in [1.807, 2.05) is 18.7 Å². The summed E-state index contributed by atoms with van der Waals surface area (Å²) in [6.45, 7) is 6.69. The molecular weight excluding hydrogens is 266 g/mol. The number of piperazine rings is 1. The van der Waals surface area contributed by atoms with Crippen molar-refractivity contribution in [3.8, 4) is 0 Å². The Kier molecular flexibility index (Phi) is 2.97. The molecule has 2 saturated heterocycles. The Bertz CT molecular complexity index is 535. The summed E-state index contributed by atoms with van der Waals surface area (Å²) in [6.07, 6.45) is 0. The Balaban J connectivity index is 1.84. The minimum atomic E-state index is 0.0296. The third-order valence-electron chi connectivity index (χ3n) is 3.78. The average molecular weight is 282 g/mol. The Labute approximate surface area is 116 Å². The summed E-state index contributed by atoms with van der Waals surface area (Å²) in [5.74, 6) is 0.726. The number of halogens is 1. The van der Waals surface area contributed by atoms with Crippen molar-refractivity contribution in [3.63, 3.8) is 0 Å². The molecule has 1 aromatic heterocycles. The van der Waals surface area contributed by atoms with Gasteiger partial charge >= 0.3 is 6.03 Å². The number of hydrogen-bond donors (Lipinski definition) is 1. The molecule has 2 aliphatic rings. The predicted octanol–water partition coefficient (Wildman–Crippen LogP) is 0.961. The molecule has 6 nitrogen and oxygen atoms in total. The number of carbonyl (C=O) groups excluding carboxylic acids is 1. The van der Waals surface area contributed by atoms with Gasteiger partial charge in [-0.05, 0) is 13.8 Å². The maximum atomic E-state index is 11.6. The zero-order valence-corrected chi connectivity index (χ0v) is 11.7. The summed E-state index contributed by atoms with van der Waals surface area (Å²) < 4.78 is 0. The summed E-state index contributed by atoms with van der Waals surface area (Å²) in [5, 5.41) is 3.30. The average Bonchev–Trinajstić information content (AvgIpc) is 2.75. The van der Waals surface area contributed by atoms with E-state index in [0.717, 1.165) is 30.3 Å². The number of aromatic nitrogens is 2. The fourth-order valence-corrected chi connectivity index (χ4v) is 2.85. The van der Waals surface area contributed by atoms with E-state index in [2.05, 4.69) is 20.2 Å². The van der Waals surface area contributed by atoms with Gasteiger partial charge in [0.15, 0.2) is 11.0 Å². The van der Waals surface area contributed by atoms with Crippen molar-refractivity contribution in [2.45, 2.75) is 19.9 Å². The molecule has 2 amide bonds. The predicted molar refractivity (Wildman–Crippen MR) is 72.6 cm³/mol. The molecule has 1 unspecified atom stereocenters. The first-order valence-corrected chi connectivity index (χ1v) is 6.74. The topological polar surface area (TPSA) is 61.4 Å². The van der Waals surface area contributed by atoms with Crippen LogP contribution in [-0.2, 0) is 0 Å². The summed E-state index contributed by atoms with van der Waals surface area (Å²) in [7, 11) is 0. The van der Waals surface area contributed by atoms with Gasteiger partial charge in [0, 0.05) is 26.2 Å². The standard InChI is InChI=1S/C12H16ClN5O/c1-7-8(2)16-11(10(13)15-7)17-3-4-18-9(6-17)5-14-12(18)19/h9H,3-6H2,1-2H3,(H,14,19). The largest absolute Gasteiger partial charge is 0.350 e. The number of aryl methyl sites for hydroxylation is 2. The summed E-state index contributed by atoms with van der Waals surface area (Å²) in [6, 6.07) is 0.225. The van der Waals surface area contributed by atoms with E-state index in [-0.39, 0.29) is 12.1 Å². The van der Waals surface area contributed by atoms with Crippen LogP contribution in [0.5, 0.6) is 0 Å². The van der Waals surface area contributed by atoms with Gasteiger partial charge in [-0.25, -0.2) is 14.8 Å². The molecule has 102 valence electrons. The molecule has 0 saturated carbocycles. The highest BCUT2D eigenvalue weighted by molar-refractivity contribution is 6.31. The Morgan fingerprint density at radius 3 is 2.79 bits per heavy atom. The van der Waals surface area contributed by atoms with Gasteiger partial charge < -0.3 is 15.1 Å². The third-order valence-corrected chi connectivity index (χ3v) is 4.03. The number of nitrogens with one attached hydrogen (secondary N) is 1. The number of carbonyl (C=O) groups is 1. The van der Waals surface area contributed by atoms with E-state index in [9.17, 15) is 4.79 Å². The van der Waals surface area contributed by atoms with Crippen LogP contribution in [0, 0.1) is 13.8 Å². The Morgan fingerprint density at radius 1 is 1.26 bits per heavy atom. The van der Waals surface area contributed by atoms with Gasteiger partial charge in [-0.2, -0.15) is 0 Å². The Morgan fingerprint density at radius 2 is 2.00 bits per heavy atom. The molecule has 0 radical (unpaired) electrons. The van der Waals surface area contributed by atoms with Crippen molar-refractivity contribution in [2.24, 2.45) is 0 Å². The van der Waals surface area contributed by atoms with Gasteiger partial charge in [0.05, 0.1) is 17.4 Å². The van der Waals surface area contributed by atoms with Gasteiger partial charge in [0.2, 0.25) is 0 Å². The van der Waals surface area contributed by atoms with E-state index >= 15 is 0 Å². The van der Waals surface area contributed by atoms with Crippen LogP contribution in [0.15, 0.2) is 0 Å². The maximum absolute atomic E-state index is 11.6. The quantitative estimate of drug-likeness (QED) is 0.833. The van der Waals surface area contributed by atoms with E-state index in [1.54, 1.807) is 0 Å². The van der Waals surface area contributed by atoms with Gasteiger partial charge in [0.25, 0.3) is 0 Å². The van der Waals surface area contributed by atoms with Gasteiger partial charge in [-0.1, -0.05) is 11.6 Å². The van der Waals surface area contributed by atoms with Crippen molar-refractivity contribution < 1.29 is 4.79 Å². The van der Waals surface area contributed by atoms with Crippen LogP contribution < -0.4 is 10.2 Å². The minimum Gasteiger partial charge on any atom is -0.350 e. The van der Waals surface area contributed by atoms with Crippen LogP contribution >= 0.6 is 11.6 Å². The molecule has 7 heteroatoms. The fraction of sp³-hybridized carbons (Fsp3) is 0.583. The van der Waals surface area contributed by atoms with E-state index in [4.69, 9.17) is 11.6 Å². The molecule has 19 heavy (non-hydrogen) atoms. The molecule has 0 bridgehead atoms. The first kappa shape index (κ1) is 12.5. The van der Waals surface area contributed by atoms with Crippen molar-refractivity contribution in [2.75, 3.05) is 31.1 Å². The molecule has 1 N–H and O–H groups in total. The first-order chi connectivity index (χ1) is 9.06. The van der Waals surface area contributed by atoms with Gasteiger partial charge in [-0.15, -0.1) is 0 Å². The Hall–Kier alpha value is -1.56. The molecule has 0 aliphatic carbocycles. The molecule has 3 rings (SSSR count). The van der Waals surface area contributed by atoms with E-state index in [0.29, 0.717) is 18.2 Å². The SMILES string of the molecule is Cc1nc(Cl)c(N2CCN3C(=O)NCC3C2)nc1C. The molecule has 3 heterocycles. The summed E-state index contributed by atoms with van der Waals surface area (Å²) >= 11 is 6.19.